The van der Waals surface area contributed by atoms with E-state index in [4.69, 9.17) is 0 Å². The molecule has 0 unspecified atom stereocenters. The van der Waals surface area contributed by atoms with Gasteiger partial charge in [-0.1, -0.05) is 31.2 Å². The molecule has 0 aliphatic rings. The minimum atomic E-state index is -3.87. The Bertz CT molecular complexity index is 813. The van der Waals surface area contributed by atoms with Gasteiger partial charge in [-0.15, -0.1) is 0 Å². The highest BCUT2D eigenvalue weighted by Crippen LogP contribution is 2.21. The number of rotatable bonds is 5. The van der Waals surface area contributed by atoms with Gasteiger partial charge >= 0.3 is 0 Å². The summed E-state index contributed by atoms with van der Waals surface area (Å²) in [6.07, 6.45) is 0.786. The average Bonchev–Trinajstić information content (AvgIpc) is 2.47. The molecular formula is C16H16NO4S-. The lowest BCUT2D eigenvalue weighted by atomic mass is 10.1. The van der Waals surface area contributed by atoms with Crippen LogP contribution in [0.5, 0.6) is 0 Å². The first kappa shape index (κ1) is 16.0. The largest absolute Gasteiger partial charge is 0.545 e. The summed E-state index contributed by atoms with van der Waals surface area (Å²) in [6, 6.07) is 10.9. The first-order valence-corrected chi connectivity index (χ1v) is 8.25. The van der Waals surface area contributed by atoms with E-state index in [-0.39, 0.29) is 10.5 Å². The van der Waals surface area contributed by atoms with Crippen LogP contribution >= 0.6 is 0 Å². The fraction of sp³-hybridized carbons (Fsp3) is 0.188. The fourth-order valence-electron chi connectivity index (χ4n) is 2.08. The summed E-state index contributed by atoms with van der Waals surface area (Å²) >= 11 is 0. The Kier molecular flexibility index (Phi) is 4.51. The maximum absolute atomic E-state index is 12.5. The van der Waals surface area contributed by atoms with Gasteiger partial charge in [-0.2, -0.15) is 0 Å². The van der Waals surface area contributed by atoms with Gasteiger partial charge in [0.2, 0.25) is 0 Å². The molecule has 2 aromatic carbocycles. The van der Waals surface area contributed by atoms with Crippen molar-refractivity contribution in [3.8, 4) is 0 Å². The second kappa shape index (κ2) is 6.19. The van der Waals surface area contributed by atoms with Crippen LogP contribution in [0.15, 0.2) is 47.4 Å². The standard InChI is InChI=1S/C16H17NO4S/c1-3-12-5-4-6-14(9-12)17-22(20,21)15-10-13(16(18)19)8-7-11(15)2/h4-10,17H,3H2,1-2H3,(H,18,19)/p-1. The van der Waals surface area contributed by atoms with Gasteiger partial charge in [-0.3, -0.25) is 4.72 Å². The highest BCUT2D eigenvalue weighted by atomic mass is 32.2. The van der Waals surface area contributed by atoms with E-state index in [0.717, 1.165) is 18.1 Å². The predicted molar refractivity (Wildman–Crippen MR) is 82.1 cm³/mol. The molecule has 0 aliphatic carbocycles. The molecule has 0 heterocycles. The van der Waals surface area contributed by atoms with Crippen LogP contribution in [-0.2, 0) is 16.4 Å². The molecule has 0 bridgehead atoms. The predicted octanol–water partition coefficient (Wildman–Crippen LogP) is 1.72. The van der Waals surface area contributed by atoms with Crippen molar-refractivity contribution in [1.29, 1.82) is 0 Å². The van der Waals surface area contributed by atoms with Crippen molar-refractivity contribution in [2.45, 2.75) is 25.2 Å². The summed E-state index contributed by atoms with van der Waals surface area (Å²) in [4.78, 5) is 10.8. The maximum atomic E-state index is 12.5. The SMILES string of the molecule is CCc1cccc(NS(=O)(=O)c2cc(C(=O)[O-])ccc2C)c1. The van der Waals surface area contributed by atoms with Gasteiger partial charge in [0.15, 0.2) is 0 Å². The van der Waals surface area contributed by atoms with E-state index in [1.165, 1.54) is 12.1 Å². The Morgan fingerprint density at radius 3 is 2.55 bits per heavy atom. The zero-order chi connectivity index (χ0) is 16.3. The van der Waals surface area contributed by atoms with Crippen LogP contribution in [0.25, 0.3) is 0 Å². The van der Waals surface area contributed by atoms with E-state index in [1.54, 1.807) is 25.1 Å². The molecule has 1 N–H and O–H groups in total. The van der Waals surface area contributed by atoms with E-state index >= 15 is 0 Å². The van der Waals surface area contributed by atoms with Gasteiger partial charge in [-0.05, 0) is 48.2 Å². The van der Waals surface area contributed by atoms with E-state index in [9.17, 15) is 18.3 Å². The molecule has 0 radical (unpaired) electrons. The smallest absolute Gasteiger partial charge is 0.262 e. The number of hydrogen-bond donors (Lipinski definition) is 1. The summed E-state index contributed by atoms with van der Waals surface area (Å²) < 4.78 is 27.4. The molecule has 0 spiro atoms. The molecule has 0 amide bonds. The topological polar surface area (TPSA) is 86.3 Å². The zero-order valence-corrected chi connectivity index (χ0v) is 13.1. The average molecular weight is 318 g/mol. The third-order valence-electron chi connectivity index (χ3n) is 3.30. The van der Waals surface area contributed by atoms with E-state index in [0.29, 0.717) is 11.3 Å². The quantitative estimate of drug-likeness (QED) is 0.909. The molecule has 2 rings (SSSR count). The number of carboxylic acids is 1. The molecule has 0 aromatic heterocycles. The number of aryl methyl sites for hydroxylation is 2. The molecule has 0 aliphatic heterocycles. The third-order valence-corrected chi connectivity index (χ3v) is 4.82. The number of carbonyl (C=O) groups excluding carboxylic acids is 1. The second-order valence-electron chi connectivity index (χ2n) is 4.93. The van der Waals surface area contributed by atoms with Crippen molar-refractivity contribution < 1.29 is 18.3 Å². The minimum absolute atomic E-state index is 0.0731. The Morgan fingerprint density at radius 2 is 1.91 bits per heavy atom. The maximum Gasteiger partial charge on any atom is 0.262 e. The van der Waals surface area contributed by atoms with Crippen LogP contribution in [0.3, 0.4) is 0 Å². The summed E-state index contributed by atoms with van der Waals surface area (Å²) in [5.74, 6) is -1.41. The zero-order valence-electron chi connectivity index (χ0n) is 12.3. The van der Waals surface area contributed by atoms with Crippen LogP contribution in [0.1, 0.15) is 28.4 Å². The summed E-state index contributed by atoms with van der Waals surface area (Å²) in [5.41, 5.74) is 1.73. The van der Waals surface area contributed by atoms with Gasteiger partial charge < -0.3 is 9.90 Å². The lowest BCUT2D eigenvalue weighted by molar-refractivity contribution is -0.255. The second-order valence-corrected chi connectivity index (χ2v) is 6.58. The van der Waals surface area contributed by atoms with Crippen molar-refractivity contribution in [3.63, 3.8) is 0 Å². The molecule has 6 heteroatoms. The first-order chi connectivity index (χ1) is 10.3. The lowest BCUT2D eigenvalue weighted by Crippen LogP contribution is -2.23. The lowest BCUT2D eigenvalue weighted by Gasteiger charge is -2.13. The van der Waals surface area contributed by atoms with Gasteiger partial charge in [-0.25, -0.2) is 8.42 Å². The van der Waals surface area contributed by atoms with Crippen molar-refractivity contribution >= 4 is 21.7 Å². The van der Waals surface area contributed by atoms with E-state index < -0.39 is 16.0 Å². The number of sulfonamides is 1. The van der Waals surface area contributed by atoms with Crippen LogP contribution in [0.2, 0.25) is 0 Å². The molecule has 116 valence electrons. The van der Waals surface area contributed by atoms with Crippen molar-refractivity contribution in [3.05, 3.63) is 59.2 Å². The highest BCUT2D eigenvalue weighted by Gasteiger charge is 2.18. The van der Waals surface area contributed by atoms with E-state index in [1.807, 2.05) is 13.0 Å². The molecule has 22 heavy (non-hydrogen) atoms. The number of carbonyl (C=O) groups is 1. The summed E-state index contributed by atoms with van der Waals surface area (Å²) in [7, 11) is -3.87. The first-order valence-electron chi connectivity index (χ1n) is 6.77. The minimum Gasteiger partial charge on any atom is -0.545 e. The van der Waals surface area contributed by atoms with Gasteiger partial charge in [0, 0.05) is 5.69 Å². The number of aromatic carboxylic acids is 1. The fourth-order valence-corrected chi connectivity index (χ4v) is 3.40. The molecule has 0 saturated heterocycles. The number of benzene rings is 2. The third kappa shape index (κ3) is 3.46. The van der Waals surface area contributed by atoms with Crippen molar-refractivity contribution in [2.24, 2.45) is 0 Å². The monoisotopic (exact) mass is 318 g/mol. The van der Waals surface area contributed by atoms with Gasteiger partial charge in [0.05, 0.1) is 10.9 Å². The molecule has 0 saturated carbocycles. The molecule has 0 atom stereocenters. The highest BCUT2D eigenvalue weighted by molar-refractivity contribution is 7.92. The number of carboxylic acid groups (broad SMARTS) is 1. The Labute approximate surface area is 129 Å². The van der Waals surface area contributed by atoms with E-state index in [2.05, 4.69) is 4.72 Å². The number of hydrogen-bond acceptors (Lipinski definition) is 4. The molecular weight excluding hydrogens is 302 g/mol. The Hall–Kier alpha value is -2.34. The number of anilines is 1. The van der Waals surface area contributed by atoms with Crippen molar-refractivity contribution in [1.82, 2.24) is 0 Å². The normalized spacial score (nSPS) is 11.2. The van der Waals surface area contributed by atoms with Crippen LogP contribution < -0.4 is 9.83 Å². The van der Waals surface area contributed by atoms with Gasteiger partial charge in [0.1, 0.15) is 0 Å². The van der Waals surface area contributed by atoms with Crippen LogP contribution in [0, 0.1) is 6.92 Å². The molecule has 5 nitrogen and oxygen atoms in total. The molecule has 2 aromatic rings. The Balaban J connectivity index is 2.42. The Morgan fingerprint density at radius 1 is 1.18 bits per heavy atom. The van der Waals surface area contributed by atoms with Crippen molar-refractivity contribution in [2.75, 3.05) is 4.72 Å². The van der Waals surface area contributed by atoms with Gasteiger partial charge in [0.25, 0.3) is 10.0 Å². The summed E-state index contributed by atoms with van der Waals surface area (Å²) in [5, 5.41) is 10.9. The van der Waals surface area contributed by atoms with Crippen LogP contribution in [0.4, 0.5) is 5.69 Å². The van der Waals surface area contributed by atoms with Crippen LogP contribution in [-0.4, -0.2) is 14.4 Å². The molecule has 0 fully saturated rings. The number of nitrogens with one attached hydrogen (secondary N) is 1. The summed E-state index contributed by atoms with van der Waals surface area (Å²) in [6.45, 7) is 3.58.